The first kappa shape index (κ1) is 22.5. The minimum atomic E-state index is -3.74. The van der Waals surface area contributed by atoms with E-state index in [4.69, 9.17) is 9.78 Å². The molecule has 0 aliphatic carbocycles. The fourth-order valence-electron chi connectivity index (χ4n) is 3.26. The van der Waals surface area contributed by atoms with E-state index in [1.54, 1.807) is 30.3 Å². The molecule has 0 fully saturated rings. The lowest BCUT2D eigenvalue weighted by molar-refractivity contribution is 0.0698. The molecule has 0 atom stereocenters. The van der Waals surface area contributed by atoms with E-state index >= 15 is 0 Å². The number of carbonyl (C=O) groups is 2. The molecule has 0 radical (unpaired) electrons. The molecule has 1 amide bonds. The van der Waals surface area contributed by atoms with Gasteiger partial charge >= 0.3 is 5.97 Å². The lowest BCUT2D eigenvalue weighted by atomic mass is 10.1. The molecule has 0 unspecified atom stereocenters. The molecular formula is C23H16N4O6S. The van der Waals surface area contributed by atoms with E-state index in [-0.39, 0.29) is 44.9 Å². The van der Waals surface area contributed by atoms with Crippen LogP contribution in [-0.4, -0.2) is 30.6 Å². The molecule has 1 heterocycles. The van der Waals surface area contributed by atoms with Gasteiger partial charge in [-0.25, -0.2) is 13.2 Å². The Labute approximate surface area is 193 Å². The summed E-state index contributed by atoms with van der Waals surface area (Å²) in [6.45, 7) is 0. The highest BCUT2D eigenvalue weighted by atomic mass is 32.2. The molecule has 1 aromatic heterocycles. The zero-order valence-electron chi connectivity index (χ0n) is 17.3. The van der Waals surface area contributed by atoms with Crippen molar-refractivity contribution in [2.75, 3.05) is 10.0 Å². The maximum absolute atomic E-state index is 12.8. The molecule has 170 valence electrons. The molecule has 11 heteroatoms. The largest absolute Gasteiger partial charge is 0.478 e. The fraction of sp³-hybridized carbons (Fsp3) is 0.0435. The molecule has 4 aromatic rings. The van der Waals surface area contributed by atoms with Crippen LogP contribution in [0, 0.1) is 11.3 Å². The third-order valence-electron chi connectivity index (χ3n) is 4.79. The van der Waals surface area contributed by atoms with Crippen molar-refractivity contribution < 1.29 is 27.6 Å². The summed E-state index contributed by atoms with van der Waals surface area (Å²) in [5, 5.41) is 24.8. The molecule has 4 rings (SSSR count). The van der Waals surface area contributed by atoms with Crippen molar-refractivity contribution in [3.05, 3.63) is 89.1 Å². The number of rotatable bonds is 7. The number of carboxylic acids is 1. The van der Waals surface area contributed by atoms with E-state index in [2.05, 4.69) is 15.2 Å². The van der Waals surface area contributed by atoms with Gasteiger partial charge in [0.05, 0.1) is 34.0 Å². The third kappa shape index (κ3) is 4.87. The van der Waals surface area contributed by atoms with E-state index < -0.39 is 21.9 Å². The van der Waals surface area contributed by atoms with Gasteiger partial charge in [-0.05, 0) is 42.0 Å². The summed E-state index contributed by atoms with van der Waals surface area (Å²) in [5.74, 6) is -2.33. The Hall–Kier alpha value is -4.69. The number of aromatic carboxylic acids is 1. The summed E-state index contributed by atoms with van der Waals surface area (Å²) >= 11 is 0. The molecule has 10 nitrogen and oxygen atoms in total. The lowest BCUT2D eigenvalue weighted by Crippen LogP contribution is -2.16. The molecule has 0 aliphatic rings. The number of nitriles is 1. The number of fused-ring (bicyclic) bond motifs is 1. The first-order chi connectivity index (χ1) is 16.3. The van der Waals surface area contributed by atoms with E-state index in [0.29, 0.717) is 5.56 Å². The minimum absolute atomic E-state index is 0.0348. The number of carboxylic acid groups (broad SMARTS) is 1. The van der Waals surface area contributed by atoms with Crippen LogP contribution in [0.3, 0.4) is 0 Å². The highest BCUT2D eigenvalue weighted by molar-refractivity contribution is 7.91. The molecule has 0 saturated carbocycles. The molecule has 0 saturated heterocycles. The van der Waals surface area contributed by atoms with E-state index in [1.165, 1.54) is 30.3 Å². The summed E-state index contributed by atoms with van der Waals surface area (Å²) in [4.78, 5) is 24.3. The Kier molecular flexibility index (Phi) is 5.99. The van der Waals surface area contributed by atoms with Gasteiger partial charge in [0.2, 0.25) is 10.0 Å². The monoisotopic (exact) mass is 476 g/mol. The number of anilines is 2. The zero-order chi connectivity index (χ0) is 24.3. The van der Waals surface area contributed by atoms with Crippen LogP contribution >= 0.6 is 0 Å². The highest BCUT2D eigenvalue weighted by Crippen LogP contribution is 2.25. The van der Waals surface area contributed by atoms with E-state index in [1.807, 2.05) is 6.07 Å². The second-order valence-electron chi connectivity index (χ2n) is 7.22. The number of benzene rings is 3. The third-order valence-corrected chi connectivity index (χ3v) is 6.05. The standard InChI is InChI=1S/C23H16N4O6S/c24-12-15-6-8-19(17(10-15)23(29)30)25-22(28)21-18-11-16(7-9-20(18)33-26-21)27-34(31,32)13-14-4-2-1-3-5-14/h1-11,27H,13H2,(H,25,28)(H,29,30). The zero-order valence-corrected chi connectivity index (χ0v) is 18.2. The van der Waals surface area contributed by atoms with Gasteiger partial charge in [-0.3, -0.25) is 9.52 Å². The fourth-order valence-corrected chi connectivity index (χ4v) is 4.45. The maximum atomic E-state index is 12.8. The van der Waals surface area contributed by atoms with Gasteiger partial charge in [-0.2, -0.15) is 5.26 Å². The minimum Gasteiger partial charge on any atom is -0.478 e. The van der Waals surface area contributed by atoms with Gasteiger partial charge in [0.25, 0.3) is 5.91 Å². The van der Waals surface area contributed by atoms with Crippen LogP contribution in [0.1, 0.15) is 32.0 Å². The number of hydrogen-bond acceptors (Lipinski definition) is 7. The van der Waals surface area contributed by atoms with Gasteiger partial charge in [-0.1, -0.05) is 35.5 Å². The molecule has 0 bridgehead atoms. The van der Waals surface area contributed by atoms with Crippen LogP contribution in [0.5, 0.6) is 0 Å². The van der Waals surface area contributed by atoms with Crippen LogP contribution in [0.25, 0.3) is 11.0 Å². The van der Waals surface area contributed by atoms with Crippen LogP contribution in [-0.2, 0) is 15.8 Å². The Bertz CT molecular complexity index is 1560. The Balaban J connectivity index is 1.60. The predicted octanol–water partition coefficient (Wildman–Crippen LogP) is 3.59. The lowest BCUT2D eigenvalue weighted by Gasteiger charge is -2.09. The molecule has 34 heavy (non-hydrogen) atoms. The van der Waals surface area contributed by atoms with Crippen molar-refractivity contribution in [1.29, 1.82) is 5.26 Å². The van der Waals surface area contributed by atoms with Crippen LogP contribution in [0.15, 0.2) is 71.3 Å². The highest BCUT2D eigenvalue weighted by Gasteiger charge is 2.21. The topological polar surface area (TPSA) is 162 Å². The summed E-state index contributed by atoms with van der Waals surface area (Å²) in [5.41, 5.74) is 0.689. The van der Waals surface area contributed by atoms with Gasteiger partial charge in [0.1, 0.15) is 0 Å². The van der Waals surface area contributed by atoms with Gasteiger partial charge in [-0.15, -0.1) is 0 Å². The smallest absolute Gasteiger partial charge is 0.337 e. The average Bonchev–Trinajstić information content (AvgIpc) is 3.22. The summed E-state index contributed by atoms with van der Waals surface area (Å²) in [7, 11) is -3.74. The maximum Gasteiger partial charge on any atom is 0.337 e. The second kappa shape index (κ2) is 9.05. The number of nitrogens with one attached hydrogen (secondary N) is 2. The predicted molar refractivity (Wildman–Crippen MR) is 123 cm³/mol. The van der Waals surface area contributed by atoms with Gasteiger partial charge in [0.15, 0.2) is 11.3 Å². The Morgan fingerprint density at radius 2 is 1.82 bits per heavy atom. The normalized spacial score (nSPS) is 11.0. The van der Waals surface area contributed by atoms with Crippen molar-refractivity contribution in [2.24, 2.45) is 0 Å². The molecule has 0 spiro atoms. The van der Waals surface area contributed by atoms with Gasteiger partial charge < -0.3 is 14.9 Å². The van der Waals surface area contributed by atoms with Crippen LogP contribution in [0.2, 0.25) is 0 Å². The van der Waals surface area contributed by atoms with E-state index in [0.717, 1.165) is 6.07 Å². The van der Waals surface area contributed by atoms with Crippen molar-refractivity contribution in [1.82, 2.24) is 5.16 Å². The van der Waals surface area contributed by atoms with Crippen molar-refractivity contribution in [3.63, 3.8) is 0 Å². The van der Waals surface area contributed by atoms with Crippen molar-refractivity contribution in [2.45, 2.75) is 5.75 Å². The molecule has 0 aliphatic heterocycles. The van der Waals surface area contributed by atoms with E-state index in [9.17, 15) is 23.1 Å². The van der Waals surface area contributed by atoms with Crippen LogP contribution in [0.4, 0.5) is 11.4 Å². The summed E-state index contributed by atoms with van der Waals surface area (Å²) in [6, 6.07) is 18.6. The number of nitrogens with zero attached hydrogens (tertiary/aromatic N) is 2. The van der Waals surface area contributed by atoms with Gasteiger partial charge in [0, 0.05) is 5.69 Å². The van der Waals surface area contributed by atoms with Crippen LogP contribution < -0.4 is 10.0 Å². The van der Waals surface area contributed by atoms with Crippen molar-refractivity contribution >= 4 is 44.2 Å². The first-order valence-corrected chi connectivity index (χ1v) is 11.4. The number of amides is 1. The number of carbonyl (C=O) groups excluding carboxylic acids is 1. The number of aromatic nitrogens is 1. The quantitative estimate of drug-likeness (QED) is 0.364. The number of hydrogen-bond donors (Lipinski definition) is 3. The summed E-state index contributed by atoms with van der Waals surface area (Å²) in [6.07, 6.45) is 0. The SMILES string of the molecule is N#Cc1ccc(NC(=O)c2noc3ccc(NS(=O)(=O)Cc4ccccc4)cc23)c(C(=O)O)c1. The Morgan fingerprint density at radius 3 is 2.53 bits per heavy atom. The molecule has 3 N–H and O–H groups in total. The van der Waals surface area contributed by atoms with Crippen molar-refractivity contribution in [3.8, 4) is 6.07 Å². The Morgan fingerprint density at radius 1 is 1.06 bits per heavy atom. The second-order valence-corrected chi connectivity index (χ2v) is 8.94. The average molecular weight is 476 g/mol. The summed E-state index contributed by atoms with van der Waals surface area (Å²) < 4.78 is 32.7. The first-order valence-electron chi connectivity index (χ1n) is 9.78. The molecular weight excluding hydrogens is 460 g/mol. The molecule has 3 aromatic carbocycles. The number of sulfonamides is 1.